The van der Waals surface area contributed by atoms with Crippen molar-refractivity contribution in [1.29, 1.82) is 0 Å². The van der Waals surface area contributed by atoms with Crippen LogP contribution in [0.1, 0.15) is 32.1 Å². The molecule has 130 valence electrons. The first-order chi connectivity index (χ1) is 10.6. The van der Waals surface area contributed by atoms with Gasteiger partial charge in [-0.05, 0) is 25.0 Å². The largest absolute Gasteiger partial charge is 0.493 e. The Morgan fingerprint density at radius 3 is 2.43 bits per heavy atom. The summed E-state index contributed by atoms with van der Waals surface area (Å²) in [7, 11) is 3.40. The lowest BCUT2D eigenvalue weighted by Crippen LogP contribution is -2.55. The summed E-state index contributed by atoms with van der Waals surface area (Å²) in [6.07, 6.45) is 4.81. The molecule has 1 aromatic rings. The third-order valence-corrected chi connectivity index (χ3v) is 4.27. The highest BCUT2D eigenvalue weighted by molar-refractivity contribution is 5.86. The molecule has 1 aliphatic rings. The van der Waals surface area contributed by atoms with Crippen LogP contribution in [0, 0.1) is 0 Å². The molecule has 5 nitrogen and oxygen atoms in total. The quantitative estimate of drug-likeness (QED) is 0.863. The summed E-state index contributed by atoms with van der Waals surface area (Å²) in [6.45, 7) is 0.925. The van der Waals surface area contributed by atoms with Crippen LogP contribution in [-0.4, -0.2) is 43.7 Å². The number of methoxy groups -OCH3 is 1. The third kappa shape index (κ3) is 5.01. The zero-order chi connectivity index (χ0) is 16.0. The molecule has 2 rings (SSSR count). The Morgan fingerprint density at radius 2 is 1.83 bits per heavy atom. The number of likely N-dealkylation sites (N-methyl/N-ethyl adjacent to an activating group) is 1. The van der Waals surface area contributed by atoms with Gasteiger partial charge in [0.25, 0.3) is 0 Å². The number of halogens is 1. The molecule has 0 bridgehead atoms. The van der Waals surface area contributed by atoms with Gasteiger partial charge in [-0.3, -0.25) is 4.79 Å². The molecule has 0 radical (unpaired) electrons. The smallest absolute Gasteiger partial charge is 0.242 e. The van der Waals surface area contributed by atoms with Gasteiger partial charge in [-0.2, -0.15) is 0 Å². The van der Waals surface area contributed by atoms with Crippen molar-refractivity contribution in [2.24, 2.45) is 5.73 Å². The number of rotatable bonds is 6. The van der Waals surface area contributed by atoms with Gasteiger partial charge in [0.15, 0.2) is 11.5 Å². The highest BCUT2D eigenvalue weighted by Gasteiger charge is 2.37. The lowest BCUT2D eigenvalue weighted by molar-refractivity contribution is -0.137. The Labute approximate surface area is 144 Å². The van der Waals surface area contributed by atoms with E-state index in [-0.39, 0.29) is 18.3 Å². The first-order valence-electron chi connectivity index (χ1n) is 7.87. The fourth-order valence-corrected chi connectivity index (χ4v) is 2.91. The van der Waals surface area contributed by atoms with E-state index in [1.165, 1.54) is 6.42 Å². The summed E-state index contributed by atoms with van der Waals surface area (Å²) < 4.78 is 10.9. The van der Waals surface area contributed by atoms with Crippen molar-refractivity contribution in [2.75, 3.05) is 27.3 Å². The van der Waals surface area contributed by atoms with Crippen molar-refractivity contribution >= 4 is 18.3 Å². The topological polar surface area (TPSA) is 64.8 Å². The second-order valence-corrected chi connectivity index (χ2v) is 5.94. The Hall–Kier alpha value is -1.46. The lowest BCUT2D eigenvalue weighted by Gasteiger charge is -2.35. The van der Waals surface area contributed by atoms with Gasteiger partial charge in [0.1, 0.15) is 6.61 Å². The molecule has 0 heterocycles. The number of amides is 1. The average Bonchev–Trinajstić information content (AvgIpc) is 2.55. The molecule has 0 saturated heterocycles. The summed E-state index contributed by atoms with van der Waals surface area (Å²) in [4.78, 5) is 14.2. The van der Waals surface area contributed by atoms with E-state index in [1.54, 1.807) is 19.1 Å². The van der Waals surface area contributed by atoms with E-state index >= 15 is 0 Å². The van der Waals surface area contributed by atoms with Crippen LogP contribution in [0.5, 0.6) is 11.5 Å². The van der Waals surface area contributed by atoms with Crippen LogP contribution in [0.15, 0.2) is 24.3 Å². The summed E-state index contributed by atoms with van der Waals surface area (Å²) in [6, 6.07) is 7.49. The normalized spacial score (nSPS) is 16.1. The van der Waals surface area contributed by atoms with Gasteiger partial charge < -0.3 is 20.1 Å². The van der Waals surface area contributed by atoms with Gasteiger partial charge in [0.05, 0.1) is 19.2 Å². The van der Waals surface area contributed by atoms with E-state index in [2.05, 4.69) is 0 Å². The molecule has 1 amide bonds. The zero-order valence-corrected chi connectivity index (χ0v) is 14.7. The lowest BCUT2D eigenvalue weighted by atomic mass is 9.81. The molecule has 1 aromatic carbocycles. The van der Waals surface area contributed by atoms with E-state index in [0.717, 1.165) is 25.7 Å². The van der Waals surface area contributed by atoms with Gasteiger partial charge in [-0.1, -0.05) is 31.4 Å². The van der Waals surface area contributed by atoms with Crippen LogP contribution in [0.25, 0.3) is 0 Å². The van der Waals surface area contributed by atoms with Crippen molar-refractivity contribution < 1.29 is 14.3 Å². The minimum atomic E-state index is -0.683. The summed E-state index contributed by atoms with van der Waals surface area (Å²) in [5.41, 5.74) is 5.60. The maximum Gasteiger partial charge on any atom is 0.242 e. The number of benzene rings is 1. The molecule has 0 spiro atoms. The number of carbonyl (C=O) groups is 1. The number of para-hydroxylation sites is 2. The second-order valence-electron chi connectivity index (χ2n) is 5.94. The SMILES string of the molecule is COc1ccccc1OCCN(C)C(=O)C1(N)CCCCC1.Cl. The Kier molecular flexibility index (Phi) is 7.65. The first kappa shape index (κ1) is 19.6. The minimum Gasteiger partial charge on any atom is -0.493 e. The summed E-state index contributed by atoms with van der Waals surface area (Å²) in [5, 5.41) is 0. The Balaban J connectivity index is 0.00000264. The van der Waals surface area contributed by atoms with E-state index in [4.69, 9.17) is 15.2 Å². The standard InChI is InChI=1S/C17H26N2O3.ClH/c1-19(16(20)17(18)10-6-3-7-11-17)12-13-22-15-9-5-4-8-14(15)21-2;/h4-5,8-9H,3,6-7,10-13,18H2,1-2H3;1H. The van der Waals surface area contributed by atoms with Crippen LogP contribution < -0.4 is 15.2 Å². The average molecular weight is 343 g/mol. The summed E-state index contributed by atoms with van der Waals surface area (Å²) in [5.74, 6) is 1.40. The maximum absolute atomic E-state index is 12.5. The van der Waals surface area contributed by atoms with E-state index in [9.17, 15) is 4.79 Å². The molecule has 0 aliphatic heterocycles. The molecule has 2 N–H and O–H groups in total. The van der Waals surface area contributed by atoms with Crippen LogP contribution in [0.2, 0.25) is 0 Å². The van der Waals surface area contributed by atoms with Gasteiger partial charge >= 0.3 is 0 Å². The van der Waals surface area contributed by atoms with Gasteiger partial charge in [0.2, 0.25) is 5.91 Å². The molecular weight excluding hydrogens is 316 g/mol. The van der Waals surface area contributed by atoms with Crippen LogP contribution >= 0.6 is 12.4 Å². The summed E-state index contributed by atoms with van der Waals surface area (Å²) >= 11 is 0. The Bertz CT molecular complexity index is 504. The predicted octanol–water partition coefficient (Wildman–Crippen LogP) is 2.62. The van der Waals surface area contributed by atoms with Crippen molar-refractivity contribution in [1.82, 2.24) is 4.90 Å². The van der Waals surface area contributed by atoms with Crippen molar-refractivity contribution in [3.63, 3.8) is 0 Å². The van der Waals surface area contributed by atoms with Crippen molar-refractivity contribution in [3.8, 4) is 11.5 Å². The molecular formula is C17H27ClN2O3. The maximum atomic E-state index is 12.5. The minimum absolute atomic E-state index is 0. The van der Waals surface area contributed by atoms with Crippen molar-refractivity contribution in [2.45, 2.75) is 37.6 Å². The van der Waals surface area contributed by atoms with E-state index in [1.807, 2.05) is 24.3 Å². The molecule has 1 saturated carbocycles. The molecule has 6 heteroatoms. The number of nitrogens with two attached hydrogens (primary N) is 1. The number of nitrogens with zero attached hydrogens (tertiary/aromatic N) is 1. The highest BCUT2D eigenvalue weighted by Crippen LogP contribution is 2.28. The van der Waals surface area contributed by atoms with E-state index < -0.39 is 5.54 Å². The van der Waals surface area contributed by atoms with Crippen LogP contribution in [0.3, 0.4) is 0 Å². The van der Waals surface area contributed by atoms with Crippen LogP contribution in [-0.2, 0) is 4.79 Å². The molecule has 1 fully saturated rings. The van der Waals surface area contributed by atoms with Crippen LogP contribution in [0.4, 0.5) is 0 Å². The van der Waals surface area contributed by atoms with E-state index in [0.29, 0.717) is 24.7 Å². The first-order valence-corrected chi connectivity index (χ1v) is 7.87. The highest BCUT2D eigenvalue weighted by atomic mass is 35.5. The fraction of sp³-hybridized carbons (Fsp3) is 0.588. The number of hydrogen-bond donors (Lipinski definition) is 1. The fourth-order valence-electron chi connectivity index (χ4n) is 2.91. The van der Waals surface area contributed by atoms with Gasteiger partial charge in [-0.25, -0.2) is 0 Å². The molecule has 0 aromatic heterocycles. The van der Waals surface area contributed by atoms with Gasteiger partial charge in [-0.15, -0.1) is 12.4 Å². The monoisotopic (exact) mass is 342 g/mol. The molecule has 0 unspecified atom stereocenters. The number of carbonyl (C=O) groups excluding carboxylic acids is 1. The third-order valence-electron chi connectivity index (χ3n) is 4.27. The predicted molar refractivity (Wildman–Crippen MR) is 93.4 cm³/mol. The number of hydrogen-bond acceptors (Lipinski definition) is 4. The zero-order valence-electron chi connectivity index (χ0n) is 13.9. The van der Waals surface area contributed by atoms with Crippen molar-refractivity contribution in [3.05, 3.63) is 24.3 Å². The second kappa shape index (κ2) is 8.99. The Morgan fingerprint density at radius 1 is 1.22 bits per heavy atom. The van der Waals surface area contributed by atoms with Gasteiger partial charge in [0, 0.05) is 7.05 Å². The molecule has 0 atom stereocenters. The number of ether oxygens (including phenoxy) is 2. The molecule has 23 heavy (non-hydrogen) atoms. The molecule has 1 aliphatic carbocycles.